The highest BCUT2D eigenvalue weighted by Gasteiger charge is 2.16. The molecule has 0 radical (unpaired) electrons. The van der Waals surface area contributed by atoms with Gasteiger partial charge in [-0.3, -0.25) is 15.6 Å². The van der Waals surface area contributed by atoms with Crippen LogP contribution in [-0.2, 0) is 10.2 Å². The number of benzene rings is 1. The van der Waals surface area contributed by atoms with Gasteiger partial charge in [0.25, 0.3) is 5.91 Å². The maximum absolute atomic E-state index is 12.2. The first-order valence-corrected chi connectivity index (χ1v) is 8.30. The zero-order chi connectivity index (χ0) is 18.6. The maximum Gasteiger partial charge on any atom is 0.279 e. The van der Waals surface area contributed by atoms with Crippen molar-refractivity contribution < 1.29 is 9.53 Å². The predicted molar refractivity (Wildman–Crippen MR) is 98.5 cm³/mol. The molecule has 0 saturated heterocycles. The SMILES string of the molecule is Cc1cc(C)nc(NNC(=O)[C@H](C)Oc2ccc(C(C)(C)C)cc2)n1. The number of carbonyl (C=O) groups excluding carboxylic acids is 1. The van der Waals surface area contributed by atoms with Crippen LogP contribution in [0.25, 0.3) is 0 Å². The number of amides is 1. The van der Waals surface area contributed by atoms with Gasteiger partial charge in [-0.1, -0.05) is 32.9 Å². The topological polar surface area (TPSA) is 76.1 Å². The zero-order valence-corrected chi connectivity index (χ0v) is 15.7. The number of aromatic nitrogens is 2. The van der Waals surface area contributed by atoms with E-state index in [2.05, 4.69) is 41.6 Å². The number of rotatable bonds is 5. The van der Waals surface area contributed by atoms with Crippen molar-refractivity contribution in [2.24, 2.45) is 0 Å². The summed E-state index contributed by atoms with van der Waals surface area (Å²) in [6.07, 6.45) is -0.654. The standard InChI is InChI=1S/C19H26N4O2/c1-12-11-13(2)21-18(20-12)23-22-17(24)14(3)25-16-9-7-15(8-10-16)19(4,5)6/h7-11,14H,1-6H3,(H,22,24)(H,20,21,23)/t14-/m0/s1. The molecular formula is C19H26N4O2. The van der Waals surface area contributed by atoms with Gasteiger partial charge in [0.2, 0.25) is 5.95 Å². The summed E-state index contributed by atoms with van der Waals surface area (Å²) < 4.78 is 5.69. The highest BCUT2D eigenvalue weighted by molar-refractivity contribution is 5.81. The normalized spacial score (nSPS) is 12.4. The molecule has 0 aliphatic rings. The third-order valence-corrected chi connectivity index (χ3v) is 3.68. The molecule has 6 nitrogen and oxygen atoms in total. The molecule has 25 heavy (non-hydrogen) atoms. The smallest absolute Gasteiger partial charge is 0.279 e. The number of hydrazine groups is 1. The summed E-state index contributed by atoms with van der Waals surface area (Å²) >= 11 is 0. The Labute approximate surface area is 149 Å². The summed E-state index contributed by atoms with van der Waals surface area (Å²) in [5.41, 5.74) is 8.24. The molecule has 1 aromatic carbocycles. The fourth-order valence-electron chi connectivity index (χ4n) is 2.29. The molecule has 6 heteroatoms. The minimum Gasteiger partial charge on any atom is -0.481 e. The van der Waals surface area contributed by atoms with E-state index in [0.29, 0.717) is 11.7 Å². The van der Waals surface area contributed by atoms with E-state index in [-0.39, 0.29) is 11.3 Å². The van der Waals surface area contributed by atoms with Crippen molar-refractivity contribution in [2.75, 3.05) is 5.43 Å². The van der Waals surface area contributed by atoms with Crippen LogP contribution < -0.4 is 15.6 Å². The van der Waals surface area contributed by atoms with Crippen LogP contribution >= 0.6 is 0 Å². The van der Waals surface area contributed by atoms with Gasteiger partial charge in [-0.15, -0.1) is 0 Å². The number of nitrogens with zero attached hydrogens (tertiary/aromatic N) is 2. The minimum absolute atomic E-state index is 0.0807. The molecule has 2 N–H and O–H groups in total. The molecule has 0 aliphatic carbocycles. The van der Waals surface area contributed by atoms with Crippen molar-refractivity contribution in [2.45, 2.75) is 53.1 Å². The van der Waals surface area contributed by atoms with Crippen molar-refractivity contribution in [1.29, 1.82) is 0 Å². The number of carbonyl (C=O) groups is 1. The Morgan fingerprint density at radius 1 is 1.08 bits per heavy atom. The number of ether oxygens (including phenoxy) is 1. The Kier molecular flexibility index (Phi) is 5.62. The first-order valence-electron chi connectivity index (χ1n) is 8.30. The molecule has 1 atom stereocenters. The van der Waals surface area contributed by atoms with Crippen LogP contribution in [0.3, 0.4) is 0 Å². The summed E-state index contributed by atoms with van der Waals surface area (Å²) in [5.74, 6) is 0.702. The molecule has 0 saturated carbocycles. The summed E-state index contributed by atoms with van der Waals surface area (Å²) in [7, 11) is 0. The van der Waals surface area contributed by atoms with Crippen LogP contribution in [0.15, 0.2) is 30.3 Å². The van der Waals surface area contributed by atoms with Crippen LogP contribution in [0.5, 0.6) is 5.75 Å². The molecule has 134 valence electrons. The van der Waals surface area contributed by atoms with E-state index >= 15 is 0 Å². The molecule has 0 spiro atoms. The fourth-order valence-corrected chi connectivity index (χ4v) is 2.29. The molecular weight excluding hydrogens is 316 g/mol. The van der Waals surface area contributed by atoms with Gasteiger partial charge in [0.1, 0.15) is 5.75 Å². The van der Waals surface area contributed by atoms with Crippen molar-refractivity contribution in [1.82, 2.24) is 15.4 Å². The van der Waals surface area contributed by atoms with E-state index in [9.17, 15) is 4.79 Å². The van der Waals surface area contributed by atoms with Crippen molar-refractivity contribution in [3.8, 4) is 5.75 Å². The molecule has 0 bridgehead atoms. The third-order valence-electron chi connectivity index (χ3n) is 3.68. The molecule has 2 rings (SSSR count). The van der Waals surface area contributed by atoms with Crippen LogP contribution in [0.1, 0.15) is 44.6 Å². The van der Waals surface area contributed by atoms with Gasteiger partial charge < -0.3 is 4.74 Å². The monoisotopic (exact) mass is 342 g/mol. The summed E-state index contributed by atoms with van der Waals surface area (Å²) in [5, 5.41) is 0. The number of aryl methyl sites for hydroxylation is 2. The highest BCUT2D eigenvalue weighted by atomic mass is 16.5. The lowest BCUT2D eigenvalue weighted by Crippen LogP contribution is -2.40. The fraction of sp³-hybridized carbons (Fsp3) is 0.421. The quantitative estimate of drug-likeness (QED) is 0.815. The zero-order valence-electron chi connectivity index (χ0n) is 15.7. The van der Waals surface area contributed by atoms with Crippen LogP contribution in [0, 0.1) is 13.8 Å². The van der Waals surface area contributed by atoms with Crippen molar-refractivity contribution >= 4 is 11.9 Å². The predicted octanol–water partition coefficient (Wildman–Crippen LogP) is 3.30. The second-order valence-electron chi connectivity index (χ2n) is 7.12. The van der Waals surface area contributed by atoms with Crippen LogP contribution in [-0.4, -0.2) is 22.0 Å². The van der Waals surface area contributed by atoms with E-state index in [4.69, 9.17) is 4.74 Å². The number of hydrogen-bond donors (Lipinski definition) is 2. The molecule has 0 unspecified atom stereocenters. The Morgan fingerprint density at radius 3 is 2.16 bits per heavy atom. The van der Waals surface area contributed by atoms with Crippen LogP contribution in [0.4, 0.5) is 5.95 Å². The van der Waals surface area contributed by atoms with Gasteiger partial charge in [-0.25, -0.2) is 9.97 Å². The van der Waals surface area contributed by atoms with Crippen LogP contribution in [0.2, 0.25) is 0 Å². The lowest BCUT2D eigenvalue weighted by molar-refractivity contribution is -0.126. The average molecular weight is 342 g/mol. The van der Waals surface area contributed by atoms with Gasteiger partial charge >= 0.3 is 0 Å². The maximum atomic E-state index is 12.2. The average Bonchev–Trinajstić information content (AvgIpc) is 2.51. The largest absolute Gasteiger partial charge is 0.481 e. The number of hydrogen-bond acceptors (Lipinski definition) is 5. The number of nitrogens with one attached hydrogen (secondary N) is 2. The minimum atomic E-state index is -0.654. The van der Waals surface area contributed by atoms with Gasteiger partial charge in [-0.2, -0.15) is 0 Å². The Balaban J connectivity index is 1.91. The van der Waals surface area contributed by atoms with E-state index in [1.165, 1.54) is 5.56 Å². The van der Waals surface area contributed by atoms with E-state index in [1.54, 1.807) is 6.92 Å². The Bertz CT molecular complexity index is 716. The van der Waals surface area contributed by atoms with Crippen molar-refractivity contribution in [3.05, 3.63) is 47.3 Å². The Morgan fingerprint density at radius 2 is 1.64 bits per heavy atom. The van der Waals surface area contributed by atoms with Gasteiger partial charge in [0.15, 0.2) is 6.10 Å². The summed E-state index contributed by atoms with van der Waals surface area (Å²) in [6, 6.07) is 9.65. The van der Waals surface area contributed by atoms with E-state index < -0.39 is 6.10 Å². The molecule has 1 aromatic heterocycles. The lowest BCUT2D eigenvalue weighted by atomic mass is 9.87. The summed E-state index contributed by atoms with van der Waals surface area (Å²) in [4.78, 5) is 20.6. The highest BCUT2D eigenvalue weighted by Crippen LogP contribution is 2.24. The second-order valence-corrected chi connectivity index (χ2v) is 7.12. The van der Waals surface area contributed by atoms with Gasteiger partial charge in [-0.05, 0) is 49.9 Å². The van der Waals surface area contributed by atoms with Gasteiger partial charge in [0.05, 0.1) is 0 Å². The molecule has 1 heterocycles. The Hall–Kier alpha value is -2.63. The second kappa shape index (κ2) is 7.51. The first kappa shape index (κ1) is 18.7. The first-order chi connectivity index (χ1) is 11.6. The molecule has 2 aromatic rings. The van der Waals surface area contributed by atoms with E-state index in [0.717, 1.165) is 11.4 Å². The molecule has 0 aliphatic heterocycles. The number of anilines is 1. The van der Waals surface area contributed by atoms with E-state index in [1.807, 2.05) is 44.2 Å². The van der Waals surface area contributed by atoms with Gasteiger partial charge in [0, 0.05) is 11.4 Å². The molecule has 0 fully saturated rings. The third kappa shape index (κ3) is 5.45. The van der Waals surface area contributed by atoms with Crippen molar-refractivity contribution in [3.63, 3.8) is 0 Å². The summed E-state index contributed by atoms with van der Waals surface area (Å²) in [6.45, 7) is 11.9. The molecule has 1 amide bonds. The lowest BCUT2D eigenvalue weighted by Gasteiger charge is -2.20.